The Kier molecular flexibility index (Phi) is 7.26. The van der Waals surface area contributed by atoms with Crippen molar-refractivity contribution in [3.05, 3.63) is 76.3 Å². The second-order valence-electron chi connectivity index (χ2n) is 8.25. The van der Waals surface area contributed by atoms with Crippen LogP contribution in [0.1, 0.15) is 33.4 Å². The summed E-state index contributed by atoms with van der Waals surface area (Å²) in [5.41, 5.74) is 2.13. The van der Waals surface area contributed by atoms with E-state index in [1.165, 1.54) is 21.3 Å². The van der Waals surface area contributed by atoms with E-state index in [4.69, 9.17) is 30.5 Å². The molecule has 4 rings (SSSR count). The average molecular weight is 511 g/mol. The first-order valence-electron chi connectivity index (χ1n) is 11.1. The van der Waals surface area contributed by atoms with E-state index in [0.717, 1.165) is 0 Å². The maximum absolute atomic E-state index is 13.9. The van der Waals surface area contributed by atoms with Crippen molar-refractivity contribution in [2.24, 2.45) is 0 Å². The number of ether oxygens (including phenoxy) is 4. The first-order valence-corrected chi connectivity index (χ1v) is 11.5. The zero-order valence-electron chi connectivity index (χ0n) is 20.6. The summed E-state index contributed by atoms with van der Waals surface area (Å²) in [5.74, 6) is 0.486. The van der Waals surface area contributed by atoms with Crippen molar-refractivity contribution in [1.29, 1.82) is 0 Å². The fourth-order valence-corrected chi connectivity index (χ4v) is 4.76. The van der Waals surface area contributed by atoms with Gasteiger partial charge in [0.1, 0.15) is 0 Å². The number of hydrogen-bond acceptors (Lipinski definition) is 6. The van der Waals surface area contributed by atoms with Crippen molar-refractivity contribution in [2.45, 2.75) is 12.0 Å². The van der Waals surface area contributed by atoms with Crippen molar-refractivity contribution < 1.29 is 28.5 Å². The Morgan fingerprint density at radius 2 is 1.50 bits per heavy atom. The molecular formula is C27H27ClN2O6. The largest absolute Gasteiger partial charge is 0.493 e. The molecule has 0 aliphatic carbocycles. The lowest BCUT2D eigenvalue weighted by Gasteiger charge is -2.40. The molecule has 0 unspecified atom stereocenters. The minimum atomic E-state index is -0.792. The molecule has 9 heteroatoms. The maximum Gasteiger partial charge on any atom is 0.254 e. The highest BCUT2D eigenvalue weighted by Crippen LogP contribution is 2.47. The molecule has 8 nitrogen and oxygen atoms in total. The third kappa shape index (κ3) is 4.52. The van der Waals surface area contributed by atoms with Gasteiger partial charge in [0.2, 0.25) is 5.91 Å². The molecule has 0 saturated heterocycles. The predicted octanol–water partition coefficient (Wildman–Crippen LogP) is 4.92. The molecule has 2 atom stereocenters. The van der Waals surface area contributed by atoms with E-state index in [9.17, 15) is 9.59 Å². The SMILES string of the molecule is COc1ccc([C@H]2[C@@H](C(=O)Nc3cccc(Cl)c3)c3cc(OC)c(OC)cc3C(=O)N2C)cc1OC. The van der Waals surface area contributed by atoms with Gasteiger partial charge in [-0.25, -0.2) is 0 Å². The van der Waals surface area contributed by atoms with Crippen LogP contribution in [0, 0.1) is 0 Å². The maximum atomic E-state index is 13.9. The van der Waals surface area contributed by atoms with Gasteiger partial charge in [0.25, 0.3) is 5.91 Å². The van der Waals surface area contributed by atoms with E-state index < -0.39 is 12.0 Å². The normalized spacial score (nSPS) is 16.7. The topological polar surface area (TPSA) is 86.3 Å². The molecular weight excluding hydrogens is 484 g/mol. The van der Waals surface area contributed by atoms with E-state index in [2.05, 4.69) is 5.32 Å². The van der Waals surface area contributed by atoms with E-state index in [-0.39, 0.29) is 11.8 Å². The molecule has 1 N–H and O–H groups in total. The van der Waals surface area contributed by atoms with E-state index in [1.54, 1.807) is 67.6 Å². The molecule has 0 saturated carbocycles. The van der Waals surface area contributed by atoms with Gasteiger partial charge in [-0.2, -0.15) is 0 Å². The second-order valence-corrected chi connectivity index (χ2v) is 8.68. The van der Waals surface area contributed by atoms with Gasteiger partial charge >= 0.3 is 0 Å². The van der Waals surface area contributed by atoms with Gasteiger partial charge in [0.05, 0.1) is 40.4 Å². The van der Waals surface area contributed by atoms with Gasteiger partial charge in [-0.15, -0.1) is 0 Å². The van der Waals surface area contributed by atoms with Crippen LogP contribution < -0.4 is 24.3 Å². The number of benzene rings is 3. The van der Waals surface area contributed by atoms with Crippen LogP contribution in [0.5, 0.6) is 23.0 Å². The van der Waals surface area contributed by atoms with Crippen LogP contribution in [0.25, 0.3) is 0 Å². The number of fused-ring (bicyclic) bond motifs is 1. The van der Waals surface area contributed by atoms with Crippen LogP contribution in [0.2, 0.25) is 5.02 Å². The number of halogens is 1. The van der Waals surface area contributed by atoms with Crippen LogP contribution in [-0.2, 0) is 4.79 Å². The van der Waals surface area contributed by atoms with Crippen LogP contribution in [0.15, 0.2) is 54.6 Å². The summed E-state index contributed by atoms with van der Waals surface area (Å²) in [6.45, 7) is 0. The Labute approximate surface area is 214 Å². The summed E-state index contributed by atoms with van der Waals surface area (Å²) in [7, 11) is 7.76. The van der Waals surface area contributed by atoms with Crippen molar-refractivity contribution in [2.75, 3.05) is 40.8 Å². The summed E-state index contributed by atoms with van der Waals surface area (Å²) >= 11 is 6.14. The number of likely N-dealkylation sites (N-methyl/N-ethyl adjacent to an activating group) is 1. The number of amides is 2. The Balaban J connectivity index is 1.90. The number of rotatable bonds is 7. The number of carbonyl (C=O) groups excluding carboxylic acids is 2. The van der Waals surface area contributed by atoms with Crippen molar-refractivity contribution in [1.82, 2.24) is 4.90 Å². The molecule has 1 heterocycles. The lowest BCUT2D eigenvalue weighted by Crippen LogP contribution is -2.44. The molecule has 188 valence electrons. The minimum Gasteiger partial charge on any atom is -0.493 e. The molecule has 3 aromatic carbocycles. The van der Waals surface area contributed by atoms with Gasteiger partial charge in [-0.3, -0.25) is 9.59 Å². The Morgan fingerprint density at radius 3 is 2.14 bits per heavy atom. The lowest BCUT2D eigenvalue weighted by atomic mass is 9.79. The molecule has 1 aliphatic rings. The minimum absolute atomic E-state index is 0.252. The number of anilines is 1. The summed E-state index contributed by atoms with van der Waals surface area (Å²) in [5, 5.41) is 3.45. The molecule has 1 aliphatic heterocycles. The molecule has 0 fully saturated rings. The third-order valence-electron chi connectivity index (χ3n) is 6.30. The Bertz CT molecular complexity index is 1310. The fraction of sp³-hybridized carbons (Fsp3) is 0.259. The van der Waals surface area contributed by atoms with Gasteiger partial charge < -0.3 is 29.2 Å². The van der Waals surface area contributed by atoms with Crippen molar-refractivity contribution in [3.8, 4) is 23.0 Å². The monoisotopic (exact) mass is 510 g/mol. The average Bonchev–Trinajstić information content (AvgIpc) is 2.89. The summed E-state index contributed by atoms with van der Waals surface area (Å²) in [6.07, 6.45) is 0. The van der Waals surface area contributed by atoms with E-state index in [0.29, 0.717) is 50.4 Å². The molecule has 0 spiro atoms. The van der Waals surface area contributed by atoms with Crippen LogP contribution in [0.3, 0.4) is 0 Å². The van der Waals surface area contributed by atoms with E-state index in [1.807, 2.05) is 6.07 Å². The first kappa shape index (κ1) is 25.2. The predicted molar refractivity (Wildman–Crippen MR) is 137 cm³/mol. The molecule has 36 heavy (non-hydrogen) atoms. The van der Waals surface area contributed by atoms with Gasteiger partial charge in [-0.05, 0) is 53.6 Å². The smallest absolute Gasteiger partial charge is 0.254 e. The standard InChI is InChI=1S/C27H27ClN2O6/c1-30-25(15-9-10-20(33-2)21(11-15)34-3)24(26(31)29-17-8-6-7-16(28)12-17)18-13-22(35-4)23(36-5)14-19(18)27(30)32/h6-14,24-25H,1-5H3,(H,29,31)/t24-,25-/m0/s1. The molecule has 0 radical (unpaired) electrons. The van der Waals surface area contributed by atoms with Gasteiger partial charge in [0, 0.05) is 23.3 Å². The van der Waals surface area contributed by atoms with Crippen LogP contribution >= 0.6 is 11.6 Å². The summed E-state index contributed by atoms with van der Waals surface area (Å²) < 4.78 is 21.8. The van der Waals surface area contributed by atoms with Gasteiger partial charge in [0.15, 0.2) is 23.0 Å². The highest BCUT2D eigenvalue weighted by molar-refractivity contribution is 6.30. The highest BCUT2D eigenvalue weighted by Gasteiger charge is 2.44. The second kappa shape index (κ2) is 10.4. The molecule has 3 aromatic rings. The Morgan fingerprint density at radius 1 is 0.861 bits per heavy atom. The Hall–Kier alpha value is -3.91. The lowest BCUT2D eigenvalue weighted by molar-refractivity contribution is -0.119. The van der Waals surface area contributed by atoms with Crippen molar-refractivity contribution >= 4 is 29.1 Å². The number of methoxy groups -OCH3 is 4. The first-order chi connectivity index (χ1) is 17.3. The highest BCUT2D eigenvalue weighted by atomic mass is 35.5. The van der Waals surface area contributed by atoms with Crippen LogP contribution in [-0.4, -0.2) is 52.2 Å². The third-order valence-corrected chi connectivity index (χ3v) is 6.53. The zero-order chi connectivity index (χ0) is 26.0. The summed E-state index contributed by atoms with van der Waals surface area (Å²) in [6, 6.07) is 14.9. The number of nitrogens with one attached hydrogen (secondary N) is 1. The quantitative estimate of drug-likeness (QED) is 0.485. The number of hydrogen-bond donors (Lipinski definition) is 1. The molecule has 2 amide bonds. The molecule has 0 bridgehead atoms. The summed E-state index contributed by atoms with van der Waals surface area (Å²) in [4.78, 5) is 29.0. The van der Waals surface area contributed by atoms with Crippen molar-refractivity contribution in [3.63, 3.8) is 0 Å². The fourth-order valence-electron chi connectivity index (χ4n) is 4.57. The van der Waals surface area contributed by atoms with E-state index >= 15 is 0 Å². The number of nitrogens with zero attached hydrogens (tertiary/aromatic N) is 1. The van der Waals surface area contributed by atoms with Crippen LogP contribution in [0.4, 0.5) is 5.69 Å². The zero-order valence-corrected chi connectivity index (χ0v) is 21.4. The molecule has 0 aromatic heterocycles. The van der Waals surface area contributed by atoms with Gasteiger partial charge in [-0.1, -0.05) is 23.7 Å². The number of carbonyl (C=O) groups is 2.